The molecule has 1 amide bonds. The number of amides is 1. The Labute approximate surface area is 123 Å². The first-order valence-electron chi connectivity index (χ1n) is 7.05. The number of hydrogen-bond acceptors (Lipinski definition) is 4. The lowest BCUT2D eigenvalue weighted by Gasteiger charge is -2.36. The van der Waals surface area contributed by atoms with Crippen LogP contribution < -0.4 is 5.73 Å². The van der Waals surface area contributed by atoms with Crippen LogP contribution in [0.15, 0.2) is 5.16 Å². The zero-order valence-corrected chi connectivity index (χ0v) is 12.6. The topological polar surface area (TPSA) is 99.2 Å². The molecule has 21 heavy (non-hydrogen) atoms. The quantitative estimate of drug-likeness (QED) is 0.246. The zero-order chi connectivity index (χ0) is 16.5. The summed E-state index contributed by atoms with van der Waals surface area (Å²) in [4.78, 5) is 13.6. The molecule has 0 aliphatic rings. The number of nitrogens with zero attached hydrogens (tertiary/aromatic N) is 2. The molecule has 0 fully saturated rings. The Hall–Kier alpha value is -1.44. The molecule has 0 radical (unpaired) electrons. The molecule has 0 bridgehead atoms. The molecular formula is C13H25F2N3O3. The Morgan fingerprint density at radius 3 is 2.19 bits per heavy atom. The van der Waals surface area contributed by atoms with Crippen molar-refractivity contribution in [3.8, 4) is 0 Å². The van der Waals surface area contributed by atoms with E-state index in [1.165, 1.54) is 0 Å². The van der Waals surface area contributed by atoms with Crippen molar-refractivity contribution in [2.24, 2.45) is 16.3 Å². The minimum atomic E-state index is -2.71. The van der Waals surface area contributed by atoms with E-state index in [1.54, 1.807) is 0 Å². The average molecular weight is 309 g/mol. The summed E-state index contributed by atoms with van der Waals surface area (Å²) in [5.74, 6) is -0.899. The Kier molecular flexibility index (Phi) is 8.84. The Morgan fingerprint density at radius 2 is 1.86 bits per heavy atom. The van der Waals surface area contributed by atoms with Crippen LogP contribution in [0.1, 0.15) is 39.5 Å². The highest BCUT2D eigenvalue weighted by atomic mass is 19.3. The highest BCUT2D eigenvalue weighted by molar-refractivity contribution is 6.06. The van der Waals surface area contributed by atoms with Crippen molar-refractivity contribution < 1.29 is 23.9 Å². The molecule has 4 N–H and O–H groups in total. The average Bonchev–Trinajstić information content (AvgIpc) is 2.44. The molecule has 0 aromatic heterocycles. The van der Waals surface area contributed by atoms with Gasteiger partial charge in [0.05, 0.1) is 13.2 Å². The van der Waals surface area contributed by atoms with Crippen molar-refractivity contribution in [2.45, 2.75) is 46.0 Å². The fraction of sp³-hybridized carbons (Fsp3) is 0.846. The molecule has 0 aromatic carbocycles. The van der Waals surface area contributed by atoms with Crippen molar-refractivity contribution >= 4 is 11.7 Å². The Morgan fingerprint density at radius 1 is 1.33 bits per heavy atom. The maximum absolute atomic E-state index is 12.7. The summed E-state index contributed by atoms with van der Waals surface area (Å²) in [6.45, 7) is 2.23. The van der Waals surface area contributed by atoms with Crippen LogP contribution in [-0.4, -0.2) is 53.1 Å². The second-order valence-corrected chi connectivity index (χ2v) is 4.93. The molecule has 0 heterocycles. The molecule has 0 saturated heterocycles. The minimum Gasteiger partial charge on any atom is -0.409 e. The molecule has 0 rings (SSSR count). The van der Waals surface area contributed by atoms with E-state index in [0.29, 0.717) is 25.7 Å². The maximum Gasteiger partial charge on any atom is 0.255 e. The second kappa shape index (κ2) is 9.49. The molecular weight excluding hydrogens is 284 g/mol. The maximum atomic E-state index is 12.7. The number of oxime groups is 1. The number of aliphatic hydroxyl groups is 1. The minimum absolute atomic E-state index is 0.211. The van der Waals surface area contributed by atoms with Crippen LogP contribution in [0.2, 0.25) is 0 Å². The van der Waals surface area contributed by atoms with Crippen LogP contribution in [0.25, 0.3) is 0 Å². The summed E-state index contributed by atoms with van der Waals surface area (Å²) in [6.07, 6.45) is -0.983. The highest BCUT2D eigenvalue weighted by Crippen LogP contribution is 2.33. The number of aliphatic hydroxyl groups excluding tert-OH is 1. The number of alkyl halides is 2. The van der Waals surface area contributed by atoms with Crippen molar-refractivity contribution in [2.75, 3.05) is 19.7 Å². The monoisotopic (exact) mass is 309 g/mol. The van der Waals surface area contributed by atoms with Gasteiger partial charge in [-0.1, -0.05) is 31.8 Å². The van der Waals surface area contributed by atoms with E-state index in [-0.39, 0.29) is 12.4 Å². The van der Waals surface area contributed by atoms with E-state index in [9.17, 15) is 13.6 Å². The van der Waals surface area contributed by atoms with Crippen LogP contribution in [0.5, 0.6) is 0 Å². The number of carbonyl (C=O) groups is 1. The molecule has 0 aromatic rings. The van der Waals surface area contributed by atoms with Crippen LogP contribution >= 0.6 is 0 Å². The van der Waals surface area contributed by atoms with Crippen LogP contribution in [0, 0.1) is 5.41 Å². The van der Waals surface area contributed by atoms with Gasteiger partial charge in [0.15, 0.2) is 5.84 Å². The van der Waals surface area contributed by atoms with Gasteiger partial charge < -0.3 is 20.9 Å². The van der Waals surface area contributed by atoms with Gasteiger partial charge in [0.1, 0.15) is 5.41 Å². The van der Waals surface area contributed by atoms with Crippen LogP contribution in [0.3, 0.4) is 0 Å². The second-order valence-electron chi connectivity index (χ2n) is 4.93. The summed E-state index contributed by atoms with van der Waals surface area (Å²) >= 11 is 0. The lowest BCUT2D eigenvalue weighted by atomic mass is 9.76. The van der Waals surface area contributed by atoms with Gasteiger partial charge in [-0.25, -0.2) is 8.78 Å². The first-order chi connectivity index (χ1) is 9.89. The standard InChI is InChI=1S/C13H25F2N3O3/c1-3-5-13(6-4-2,11(16)17-21)12(20)18(7-8-19)9-10(14)15/h10,19,21H,3-9H2,1-2H3,(H2,16,17). The number of rotatable bonds is 10. The van der Waals surface area contributed by atoms with Gasteiger partial charge in [-0.2, -0.15) is 0 Å². The molecule has 0 spiro atoms. The first-order valence-corrected chi connectivity index (χ1v) is 7.05. The predicted molar refractivity (Wildman–Crippen MR) is 75.3 cm³/mol. The van der Waals surface area contributed by atoms with Crippen molar-refractivity contribution in [1.82, 2.24) is 4.90 Å². The van der Waals surface area contributed by atoms with Gasteiger partial charge in [-0.15, -0.1) is 0 Å². The predicted octanol–water partition coefficient (Wildman–Crippen LogP) is 1.41. The van der Waals surface area contributed by atoms with Crippen LogP contribution in [0.4, 0.5) is 8.78 Å². The van der Waals surface area contributed by atoms with E-state index in [1.807, 2.05) is 13.8 Å². The van der Waals surface area contributed by atoms with Gasteiger partial charge in [0.25, 0.3) is 6.43 Å². The fourth-order valence-corrected chi connectivity index (χ4v) is 2.52. The third-order valence-corrected chi connectivity index (χ3v) is 3.38. The smallest absolute Gasteiger partial charge is 0.255 e. The van der Waals surface area contributed by atoms with Crippen molar-refractivity contribution in [3.63, 3.8) is 0 Å². The zero-order valence-electron chi connectivity index (χ0n) is 12.6. The van der Waals surface area contributed by atoms with Gasteiger partial charge in [-0.05, 0) is 12.8 Å². The van der Waals surface area contributed by atoms with E-state index < -0.39 is 30.9 Å². The molecule has 0 unspecified atom stereocenters. The van der Waals surface area contributed by atoms with Gasteiger partial charge >= 0.3 is 0 Å². The summed E-state index contributed by atoms with van der Waals surface area (Å²) in [5.41, 5.74) is 4.39. The van der Waals surface area contributed by atoms with E-state index >= 15 is 0 Å². The molecule has 0 aliphatic heterocycles. The van der Waals surface area contributed by atoms with Crippen molar-refractivity contribution in [1.29, 1.82) is 0 Å². The van der Waals surface area contributed by atoms with Gasteiger partial charge in [0, 0.05) is 6.54 Å². The van der Waals surface area contributed by atoms with Gasteiger partial charge in [0.2, 0.25) is 5.91 Å². The SMILES string of the molecule is CCCC(CCC)(C(=O)N(CCO)CC(F)F)C(N)=NO. The number of hydrogen-bond donors (Lipinski definition) is 3. The van der Waals surface area contributed by atoms with Crippen molar-refractivity contribution in [3.05, 3.63) is 0 Å². The summed E-state index contributed by atoms with van der Waals surface area (Å²) in [7, 11) is 0. The summed E-state index contributed by atoms with van der Waals surface area (Å²) in [6, 6.07) is 0. The first kappa shape index (κ1) is 19.6. The van der Waals surface area contributed by atoms with E-state index in [4.69, 9.17) is 16.0 Å². The number of nitrogens with two attached hydrogens (primary N) is 1. The molecule has 6 nitrogen and oxygen atoms in total. The lowest BCUT2D eigenvalue weighted by Crippen LogP contribution is -2.53. The number of carbonyl (C=O) groups excluding carboxylic acids is 1. The fourth-order valence-electron chi connectivity index (χ4n) is 2.52. The summed E-state index contributed by atoms with van der Waals surface area (Å²) < 4.78 is 25.3. The van der Waals surface area contributed by atoms with Gasteiger partial charge in [-0.3, -0.25) is 4.79 Å². The molecule has 124 valence electrons. The van der Waals surface area contributed by atoms with E-state index in [2.05, 4.69) is 5.16 Å². The molecule has 0 atom stereocenters. The third-order valence-electron chi connectivity index (χ3n) is 3.38. The molecule has 8 heteroatoms. The third kappa shape index (κ3) is 5.11. The molecule has 0 saturated carbocycles. The number of amidine groups is 1. The Bertz CT molecular complexity index is 346. The lowest BCUT2D eigenvalue weighted by molar-refractivity contribution is -0.141. The van der Waals surface area contributed by atoms with E-state index in [0.717, 1.165) is 4.90 Å². The number of halogens is 2. The largest absolute Gasteiger partial charge is 0.409 e. The highest BCUT2D eigenvalue weighted by Gasteiger charge is 2.44. The Balaban J connectivity index is 5.58. The van der Waals surface area contributed by atoms with Crippen LogP contribution in [-0.2, 0) is 4.79 Å². The normalized spacial score (nSPS) is 12.8. The summed E-state index contributed by atoms with van der Waals surface area (Å²) in [5, 5.41) is 20.9. The molecule has 0 aliphatic carbocycles.